The maximum absolute atomic E-state index is 12.3. The highest BCUT2D eigenvalue weighted by Crippen LogP contribution is 2.41. The fourth-order valence-electron chi connectivity index (χ4n) is 2.97. The van der Waals surface area contributed by atoms with Gasteiger partial charge in [-0.15, -0.1) is 0 Å². The summed E-state index contributed by atoms with van der Waals surface area (Å²) in [6.07, 6.45) is 0. The van der Waals surface area contributed by atoms with Gasteiger partial charge < -0.3 is 20.1 Å². The molecule has 5 heteroatoms. The van der Waals surface area contributed by atoms with Gasteiger partial charge in [0.15, 0.2) is 11.5 Å². The lowest BCUT2D eigenvalue weighted by Gasteiger charge is -2.45. The van der Waals surface area contributed by atoms with Gasteiger partial charge in [0.05, 0.1) is 20.3 Å². The highest BCUT2D eigenvalue weighted by Gasteiger charge is 2.46. The van der Waals surface area contributed by atoms with Crippen molar-refractivity contribution in [3.8, 4) is 11.5 Å². The summed E-state index contributed by atoms with van der Waals surface area (Å²) < 4.78 is 10.6. The number of ether oxygens (including phenoxy) is 2. The van der Waals surface area contributed by atoms with Gasteiger partial charge in [-0.2, -0.15) is 0 Å². The van der Waals surface area contributed by atoms with Crippen LogP contribution in [0.15, 0.2) is 42.5 Å². The van der Waals surface area contributed by atoms with Crippen molar-refractivity contribution in [1.29, 1.82) is 0 Å². The zero-order valence-electron chi connectivity index (χ0n) is 13.4. The second-order valence-electron chi connectivity index (χ2n) is 5.63. The van der Waals surface area contributed by atoms with E-state index >= 15 is 0 Å². The number of benzene rings is 2. The van der Waals surface area contributed by atoms with Gasteiger partial charge in [-0.05, 0) is 42.3 Å². The number of carbonyl (C=O) groups excluding carboxylic acids is 1. The van der Waals surface area contributed by atoms with E-state index in [9.17, 15) is 4.79 Å². The molecule has 1 aliphatic rings. The Bertz CT molecular complexity index is 745. The highest BCUT2D eigenvalue weighted by molar-refractivity contribution is 6.05. The van der Waals surface area contributed by atoms with Crippen LogP contribution < -0.4 is 20.1 Å². The summed E-state index contributed by atoms with van der Waals surface area (Å²) in [6.45, 7) is 2.00. The van der Waals surface area contributed by atoms with Gasteiger partial charge in [-0.3, -0.25) is 4.79 Å². The molecule has 3 rings (SSSR count). The van der Waals surface area contributed by atoms with Gasteiger partial charge in [-0.1, -0.05) is 18.2 Å². The quantitative estimate of drug-likeness (QED) is 0.881. The smallest absolute Gasteiger partial charge is 0.247 e. The van der Waals surface area contributed by atoms with Gasteiger partial charge in [0, 0.05) is 5.69 Å². The van der Waals surface area contributed by atoms with Gasteiger partial charge >= 0.3 is 0 Å². The van der Waals surface area contributed by atoms with E-state index in [0.717, 1.165) is 16.8 Å². The molecule has 0 radical (unpaired) electrons. The molecule has 0 bridgehead atoms. The second kappa shape index (κ2) is 5.93. The minimum Gasteiger partial charge on any atom is -0.493 e. The summed E-state index contributed by atoms with van der Waals surface area (Å²) in [5.41, 5.74) is 8.95. The van der Waals surface area contributed by atoms with Crippen LogP contribution in [-0.4, -0.2) is 26.2 Å². The third-order valence-electron chi connectivity index (χ3n) is 4.17. The standard InChI is InChI=1S/C18H20N2O3/c1-11-5-4-6-13(9-11)20-17(16(19)18(20)21)12-7-8-14(22-2)15(10-12)23-3/h4-10,16-17H,19H2,1-3H3/t16-,17+/m1/s1. The molecule has 0 aromatic heterocycles. The minimum atomic E-state index is -0.548. The van der Waals surface area contributed by atoms with Crippen LogP contribution in [0.2, 0.25) is 0 Å². The monoisotopic (exact) mass is 312 g/mol. The van der Waals surface area contributed by atoms with Crippen molar-refractivity contribution in [2.24, 2.45) is 5.73 Å². The number of rotatable bonds is 4. The van der Waals surface area contributed by atoms with Gasteiger partial charge in [0.1, 0.15) is 6.04 Å². The molecule has 120 valence electrons. The molecule has 2 N–H and O–H groups in total. The lowest BCUT2D eigenvalue weighted by Crippen LogP contribution is -2.63. The van der Waals surface area contributed by atoms with E-state index in [1.54, 1.807) is 19.1 Å². The van der Waals surface area contributed by atoms with Crippen LogP contribution in [0.3, 0.4) is 0 Å². The Kier molecular flexibility index (Phi) is 3.96. The number of carbonyl (C=O) groups is 1. The van der Waals surface area contributed by atoms with E-state index in [4.69, 9.17) is 15.2 Å². The first-order chi connectivity index (χ1) is 11.1. The Morgan fingerprint density at radius 1 is 1.04 bits per heavy atom. The molecule has 2 aromatic rings. The number of nitrogens with two attached hydrogens (primary N) is 1. The topological polar surface area (TPSA) is 64.8 Å². The molecule has 2 aromatic carbocycles. The molecule has 1 saturated heterocycles. The maximum Gasteiger partial charge on any atom is 0.247 e. The molecular formula is C18H20N2O3. The lowest BCUT2D eigenvalue weighted by atomic mass is 9.88. The van der Waals surface area contributed by atoms with Crippen LogP contribution in [0.4, 0.5) is 5.69 Å². The first-order valence-electron chi connectivity index (χ1n) is 7.44. The molecule has 0 unspecified atom stereocenters. The van der Waals surface area contributed by atoms with Crippen molar-refractivity contribution >= 4 is 11.6 Å². The molecule has 23 heavy (non-hydrogen) atoms. The predicted molar refractivity (Wildman–Crippen MR) is 88.9 cm³/mol. The summed E-state index contributed by atoms with van der Waals surface area (Å²) in [5.74, 6) is 1.20. The van der Waals surface area contributed by atoms with E-state index in [1.807, 2.05) is 49.4 Å². The number of nitrogens with zero attached hydrogens (tertiary/aromatic N) is 1. The van der Waals surface area contributed by atoms with E-state index in [1.165, 1.54) is 0 Å². The SMILES string of the molecule is COc1ccc([C@H]2[C@@H](N)C(=O)N2c2cccc(C)c2)cc1OC. The molecular weight excluding hydrogens is 292 g/mol. The fourth-order valence-corrected chi connectivity index (χ4v) is 2.97. The van der Waals surface area contributed by atoms with E-state index in [-0.39, 0.29) is 11.9 Å². The van der Waals surface area contributed by atoms with Gasteiger partial charge in [0.2, 0.25) is 5.91 Å². The molecule has 1 aliphatic heterocycles. The van der Waals surface area contributed by atoms with Crippen molar-refractivity contribution < 1.29 is 14.3 Å². The van der Waals surface area contributed by atoms with Crippen LogP contribution in [-0.2, 0) is 4.79 Å². The van der Waals surface area contributed by atoms with Crippen molar-refractivity contribution in [3.63, 3.8) is 0 Å². The Morgan fingerprint density at radius 3 is 2.43 bits per heavy atom. The number of anilines is 1. The number of β-lactam (4-membered cyclic amide) rings is 1. The van der Waals surface area contributed by atoms with Crippen LogP contribution in [0.25, 0.3) is 0 Å². The number of aryl methyl sites for hydroxylation is 1. The summed E-state index contributed by atoms with van der Waals surface area (Å²) in [7, 11) is 3.18. The van der Waals surface area contributed by atoms with Gasteiger partial charge in [0.25, 0.3) is 0 Å². The molecule has 1 fully saturated rings. The van der Waals surface area contributed by atoms with Gasteiger partial charge in [-0.25, -0.2) is 0 Å². The molecule has 0 saturated carbocycles. The summed E-state index contributed by atoms with van der Waals surface area (Å²) >= 11 is 0. The number of hydrogen-bond donors (Lipinski definition) is 1. The minimum absolute atomic E-state index is 0.0737. The van der Waals surface area contributed by atoms with Crippen molar-refractivity contribution in [2.45, 2.75) is 19.0 Å². The normalized spacial score (nSPS) is 20.2. The third kappa shape index (κ3) is 2.53. The lowest BCUT2D eigenvalue weighted by molar-refractivity contribution is -0.126. The average Bonchev–Trinajstić information content (AvgIpc) is 2.58. The predicted octanol–water partition coefficient (Wildman–Crippen LogP) is 2.43. The molecule has 5 nitrogen and oxygen atoms in total. The molecule has 0 aliphatic carbocycles. The Morgan fingerprint density at radius 2 is 1.78 bits per heavy atom. The Labute approximate surface area is 135 Å². The van der Waals surface area contributed by atoms with Crippen LogP contribution >= 0.6 is 0 Å². The number of amides is 1. The van der Waals surface area contributed by atoms with E-state index in [2.05, 4.69) is 0 Å². The number of methoxy groups -OCH3 is 2. The van der Waals surface area contributed by atoms with Crippen LogP contribution in [0, 0.1) is 6.92 Å². The van der Waals surface area contributed by atoms with Crippen molar-refractivity contribution in [2.75, 3.05) is 19.1 Å². The van der Waals surface area contributed by atoms with Crippen molar-refractivity contribution in [1.82, 2.24) is 0 Å². The van der Waals surface area contributed by atoms with E-state index in [0.29, 0.717) is 11.5 Å². The van der Waals surface area contributed by atoms with Crippen molar-refractivity contribution in [3.05, 3.63) is 53.6 Å². The summed E-state index contributed by atoms with van der Waals surface area (Å²) in [4.78, 5) is 14.0. The molecule has 0 spiro atoms. The highest BCUT2D eigenvalue weighted by atomic mass is 16.5. The first kappa shape index (κ1) is 15.4. The summed E-state index contributed by atoms with van der Waals surface area (Å²) in [6, 6.07) is 12.7. The Hall–Kier alpha value is -2.53. The fraction of sp³-hybridized carbons (Fsp3) is 0.278. The third-order valence-corrected chi connectivity index (χ3v) is 4.17. The average molecular weight is 312 g/mol. The summed E-state index contributed by atoms with van der Waals surface area (Å²) in [5, 5.41) is 0. The molecule has 2 atom stereocenters. The molecule has 1 heterocycles. The largest absolute Gasteiger partial charge is 0.493 e. The van der Waals surface area contributed by atoms with E-state index < -0.39 is 6.04 Å². The second-order valence-corrected chi connectivity index (χ2v) is 5.63. The number of hydrogen-bond acceptors (Lipinski definition) is 4. The van der Waals surface area contributed by atoms with Crippen LogP contribution in [0.1, 0.15) is 17.2 Å². The van der Waals surface area contributed by atoms with Crippen LogP contribution in [0.5, 0.6) is 11.5 Å². The zero-order valence-corrected chi connectivity index (χ0v) is 13.4. The maximum atomic E-state index is 12.3. The molecule has 1 amide bonds. The Balaban J connectivity index is 1.99. The zero-order chi connectivity index (χ0) is 16.6. The first-order valence-corrected chi connectivity index (χ1v) is 7.44.